The standard InChI is InChI=1S/C16H24ClN/c1-3-18-16(14-9-10-14)6-4-5-13-8-7-12(2)11-15(13)17/h7-8,11,14,16,18H,3-6,9-10H2,1-2H3. The van der Waals surface area contributed by atoms with Crippen molar-refractivity contribution in [3.63, 3.8) is 0 Å². The summed E-state index contributed by atoms with van der Waals surface area (Å²) in [5.74, 6) is 0.943. The number of hydrogen-bond acceptors (Lipinski definition) is 1. The lowest BCUT2D eigenvalue weighted by molar-refractivity contribution is 0.434. The molecule has 1 aromatic carbocycles. The molecule has 1 aromatic rings. The summed E-state index contributed by atoms with van der Waals surface area (Å²) in [6, 6.07) is 7.14. The lowest BCUT2D eigenvalue weighted by atomic mass is 10.0. The molecule has 1 aliphatic rings. The average Bonchev–Trinajstić information content (AvgIpc) is 3.15. The number of rotatable bonds is 7. The zero-order valence-electron chi connectivity index (χ0n) is 11.5. The second-order valence-corrected chi connectivity index (χ2v) is 5.90. The molecule has 0 spiro atoms. The maximum absolute atomic E-state index is 6.27. The molecule has 0 amide bonds. The molecule has 0 radical (unpaired) electrons. The number of benzene rings is 1. The van der Waals surface area contributed by atoms with Crippen molar-refractivity contribution in [2.75, 3.05) is 6.54 Å². The van der Waals surface area contributed by atoms with Crippen molar-refractivity contribution >= 4 is 11.6 Å². The summed E-state index contributed by atoms with van der Waals surface area (Å²) in [7, 11) is 0. The fraction of sp³-hybridized carbons (Fsp3) is 0.625. The minimum Gasteiger partial charge on any atom is -0.314 e. The Hall–Kier alpha value is -0.530. The van der Waals surface area contributed by atoms with Crippen molar-refractivity contribution < 1.29 is 0 Å². The molecular weight excluding hydrogens is 242 g/mol. The smallest absolute Gasteiger partial charge is 0.0440 e. The Morgan fingerprint density at radius 1 is 1.39 bits per heavy atom. The van der Waals surface area contributed by atoms with Crippen molar-refractivity contribution in [2.24, 2.45) is 5.92 Å². The summed E-state index contributed by atoms with van der Waals surface area (Å²) in [5, 5.41) is 4.55. The molecule has 2 heteroatoms. The van der Waals surface area contributed by atoms with Crippen molar-refractivity contribution in [2.45, 2.75) is 52.0 Å². The molecule has 0 bridgehead atoms. The average molecular weight is 266 g/mol. The van der Waals surface area contributed by atoms with E-state index in [4.69, 9.17) is 11.6 Å². The Kier molecular flexibility index (Phi) is 5.08. The van der Waals surface area contributed by atoms with Gasteiger partial charge in [-0.1, -0.05) is 30.7 Å². The maximum Gasteiger partial charge on any atom is 0.0440 e. The molecule has 1 atom stereocenters. The number of nitrogens with one attached hydrogen (secondary N) is 1. The van der Waals surface area contributed by atoms with Gasteiger partial charge in [0.15, 0.2) is 0 Å². The van der Waals surface area contributed by atoms with Crippen molar-refractivity contribution in [1.82, 2.24) is 5.32 Å². The van der Waals surface area contributed by atoms with E-state index < -0.39 is 0 Å². The van der Waals surface area contributed by atoms with E-state index in [9.17, 15) is 0 Å². The van der Waals surface area contributed by atoms with Crippen molar-refractivity contribution in [3.05, 3.63) is 34.3 Å². The van der Waals surface area contributed by atoms with Gasteiger partial charge in [-0.2, -0.15) is 0 Å². The summed E-state index contributed by atoms with van der Waals surface area (Å²) in [4.78, 5) is 0. The van der Waals surface area contributed by atoms with E-state index in [2.05, 4.69) is 37.4 Å². The first-order valence-corrected chi connectivity index (χ1v) is 7.57. The molecule has 1 saturated carbocycles. The van der Waals surface area contributed by atoms with E-state index in [1.807, 2.05) is 0 Å². The quantitative estimate of drug-likeness (QED) is 0.772. The van der Waals surface area contributed by atoms with Crippen LogP contribution in [0.25, 0.3) is 0 Å². The SMILES string of the molecule is CCNC(CCCc1ccc(C)cc1Cl)C1CC1. The molecule has 2 rings (SSSR count). The van der Waals surface area contributed by atoms with Gasteiger partial charge >= 0.3 is 0 Å². The van der Waals surface area contributed by atoms with Crippen LogP contribution in [0.1, 0.15) is 43.7 Å². The fourth-order valence-corrected chi connectivity index (χ4v) is 2.96. The van der Waals surface area contributed by atoms with Gasteiger partial charge in [-0.05, 0) is 68.7 Å². The second kappa shape index (κ2) is 6.58. The molecule has 0 heterocycles. The predicted octanol–water partition coefficient (Wildman–Crippen LogP) is 4.36. The summed E-state index contributed by atoms with van der Waals surface area (Å²) in [6.07, 6.45) is 6.46. The monoisotopic (exact) mass is 265 g/mol. The summed E-state index contributed by atoms with van der Waals surface area (Å²) < 4.78 is 0. The third kappa shape index (κ3) is 4.00. The van der Waals surface area contributed by atoms with E-state index in [0.29, 0.717) is 0 Å². The van der Waals surface area contributed by atoms with Crippen LogP contribution in [0.15, 0.2) is 18.2 Å². The van der Waals surface area contributed by atoms with Crippen LogP contribution < -0.4 is 5.32 Å². The minimum atomic E-state index is 0.735. The molecule has 1 unspecified atom stereocenters. The highest BCUT2D eigenvalue weighted by Crippen LogP contribution is 2.34. The number of halogens is 1. The molecule has 18 heavy (non-hydrogen) atoms. The highest BCUT2D eigenvalue weighted by molar-refractivity contribution is 6.31. The van der Waals surface area contributed by atoms with E-state index in [1.54, 1.807) is 0 Å². The first-order chi connectivity index (χ1) is 8.70. The van der Waals surface area contributed by atoms with E-state index >= 15 is 0 Å². The molecule has 1 fully saturated rings. The van der Waals surface area contributed by atoms with E-state index in [1.165, 1.54) is 36.8 Å². The third-order valence-corrected chi connectivity index (χ3v) is 4.18. The molecular formula is C16H24ClN. The Bertz CT molecular complexity index is 385. The zero-order valence-corrected chi connectivity index (χ0v) is 12.3. The zero-order chi connectivity index (χ0) is 13.0. The molecule has 0 aliphatic heterocycles. The van der Waals surface area contributed by atoms with Gasteiger partial charge in [0.05, 0.1) is 0 Å². The summed E-state index contributed by atoms with van der Waals surface area (Å²) in [6.45, 7) is 5.38. The van der Waals surface area contributed by atoms with Gasteiger partial charge in [0.1, 0.15) is 0 Å². The topological polar surface area (TPSA) is 12.0 Å². The number of aryl methyl sites for hydroxylation is 2. The van der Waals surface area contributed by atoms with Gasteiger partial charge in [0.2, 0.25) is 0 Å². The number of hydrogen-bond donors (Lipinski definition) is 1. The Balaban J connectivity index is 1.79. The Morgan fingerprint density at radius 2 is 2.17 bits per heavy atom. The van der Waals surface area contributed by atoms with Crippen LogP contribution in [-0.2, 0) is 6.42 Å². The van der Waals surface area contributed by atoms with Crippen LogP contribution in [-0.4, -0.2) is 12.6 Å². The van der Waals surface area contributed by atoms with Crippen LogP contribution in [0, 0.1) is 12.8 Å². The third-order valence-electron chi connectivity index (χ3n) is 3.83. The van der Waals surface area contributed by atoms with Gasteiger partial charge in [0.25, 0.3) is 0 Å². The molecule has 1 aliphatic carbocycles. The first kappa shape index (κ1) is 13.9. The first-order valence-electron chi connectivity index (χ1n) is 7.19. The molecule has 1 nitrogen and oxygen atoms in total. The van der Waals surface area contributed by atoms with Crippen molar-refractivity contribution in [1.29, 1.82) is 0 Å². The normalized spacial score (nSPS) is 16.8. The van der Waals surface area contributed by atoms with Gasteiger partial charge in [-0.3, -0.25) is 0 Å². The molecule has 100 valence electrons. The fourth-order valence-electron chi connectivity index (χ4n) is 2.63. The van der Waals surface area contributed by atoms with Gasteiger partial charge in [-0.15, -0.1) is 0 Å². The summed E-state index contributed by atoms with van der Waals surface area (Å²) in [5.41, 5.74) is 2.54. The largest absolute Gasteiger partial charge is 0.314 e. The summed E-state index contributed by atoms with van der Waals surface area (Å²) >= 11 is 6.27. The van der Waals surface area contributed by atoms with Gasteiger partial charge in [0, 0.05) is 11.1 Å². The molecule has 1 N–H and O–H groups in total. The molecule has 0 aromatic heterocycles. The second-order valence-electron chi connectivity index (χ2n) is 5.49. The highest BCUT2D eigenvalue weighted by Gasteiger charge is 2.29. The predicted molar refractivity (Wildman–Crippen MR) is 79.3 cm³/mol. The van der Waals surface area contributed by atoms with Crippen LogP contribution in [0.4, 0.5) is 0 Å². The van der Waals surface area contributed by atoms with Crippen LogP contribution in [0.5, 0.6) is 0 Å². The van der Waals surface area contributed by atoms with Gasteiger partial charge < -0.3 is 5.32 Å². The van der Waals surface area contributed by atoms with Crippen LogP contribution in [0.3, 0.4) is 0 Å². The van der Waals surface area contributed by atoms with E-state index in [0.717, 1.165) is 29.9 Å². The highest BCUT2D eigenvalue weighted by atomic mass is 35.5. The Morgan fingerprint density at radius 3 is 2.78 bits per heavy atom. The lowest BCUT2D eigenvalue weighted by Crippen LogP contribution is -2.30. The van der Waals surface area contributed by atoms with E-state index in [-0.39, 0.29) is 0 Å². The maximum atomic E-state index is 6.27. The molecule has 0 saturated heterocycles. The van der Waals surface area contributed by atoms with Crippen LogP contribution >= 0.6 is 11.6 Å². The Labute approximate surface area is 116 Å². The van der Waals surface area contributed by atoms with Crippen LogP contribution in [0.2, 0.25) is 5.02 Å². The lowest BCUT2D eigenvalue weighted by Gasteiger charge is -2.17. The van der Waals surface area contributed by atoms with Gasteiger partial charge in [-0.25, -0.2) is 0 Å². The minimum absolute atomic E-state index is 0.735. The van der Waals surface area contributed by atoms with Crippen molar-refractivity contribution in [3.8, 4) is 0 Å².